The molecule has 0 radical (unpaired) electrons. The number of nitrogens with one attached hydrogen (secondary N) is 4. The van der Waals surface area contributed by atoms with E-state index in [1.807, 2.05) is 6.34 Å². The third kappa shape index (κ3) is 3.63. The van der Waals surface area contributed by atoms with Crippen molar-refractivity contribution >= 4 is 18.1 Å². The van der Waals surface area contributed by atoms with Crippen LogP contribution < -0.4 is 21.3 Å². The molecule has 0 spiro atoms. The minimum atomic E-state index is -0.0766. The summed E-state index contributed by atoms with van der Waals surface area (Å²) in [6.07, 6.45) is 9.47. The Morgan fingerprint density at radius 3 is 3.19 bits per heavy atom. The van der Waals surface area contributed by atoms with Crippen molar-refractivity contribution in [3.63, 3.8) is 0 Å². The lowest BCUT2D eigenvalue weighted by Crippen LogP contribution is -2.68. The highest BCUT2D eigenvalue weighted by atomic mass is 32.2. The Bertz CT molecular complexity index is 546. The largest absolute Gasteiger partial charge is 0.357 e. The van der Waals surface area contributed by atoms with Crippen LogP contribution in [-0.2, 0) is 0 Å². The van der Waals surface area contributed by atoms with E-state index >= 15 is 0 Å². The SMILES string of the molecule is CCC(C)CC12NC=NC(N3C=C(C4CCCNC4)SCC3)C1NCN2. The van der Waals surface area contributed by atoms with Crippen LogP contribution in [0.5, 0.6) is 0 Å². The molecule has 5 unspecified atom stereocenters. The predicted molar refractivity (Wildman–Crippen MR) is 110 cm³/mol. The standard InChI is InChI=1S/C19H34N6S/c1-3-14(2)9-19-17(21-12-23-19)18(22-13-24-19)25-7-8-26-16(11-25)15-5-4-6-20-10-15/h11,13-15,17-18,20-21,23H,3-10,12H2,1-2H3,(H,22,24). The molecule has 4 aliphatic heterocycles. The maximum atomic E-state index is 4.87. The molecule has 0 bridgehead atoms. The maximum absolute atomic E-state index is 4.87. The number of piperidine rings is 1. The van der Waals surface area contributed by atoms with E-state index in [0.29, 0.717) is 17.9 Å². The molecule has 0 aromatic carbocycles. The van der Waals surface area contributed by atoms with E-state index in [0.717, 1.165) is 26.2 Å². The first-order valence-electron chi connectivity index (χ1n) is 10.3. The van der Waals surface area contributed by atoms with E-state index in [9.17, 15) is 0 Å². The lowest BCUT2D eigenvalue weighted by molar-refractivity contribution is 0.141. The van der Waals surface area contributed by atoms with Gasteiger partial charge in [0.05, 0.1) is 12.4 Å². The number of fused-ring (bicyclic) bond motifs is 1. The van der Waals surface area contributed by atoms with Crippen molar-refractivity contribution in [1.82, 2.24) is 26.2 Å². The highest BCUT2D eigenvalue weighted by molar-refractivity contribution is 8.03. The van der Waals surface area contributed by atoms with E-state index in [2.05, 4.69) is 58.0 Å². The van der Waals surface area contributed by atoms with E-state index < -0.39 is 0 Å². The number of aliphatic imine (C=N–C) groups is 1. The Balaban J connectivity index is 1.53. The van der Waals surface area contributed by atoms with Gasteiger partial charge < -0.3 is 15.5 Å². The zero-order valence-electron chi connectivity index (χ0n) is 16.1. The summed E-state index contributed by atoms with van der Waals surface area (Å²) in [7, 11) is 0. The molecule has 0 amide bonds. The Morgan fingerprint density at radius 2 is 2.38 bits per heavy atom. The fourth-order valence-electron chi connectivity index (χ4n) is 4.71. The quantitative estimate of drug-likeness (QED) is 0.581. The first kappa shape index (κ1) is 18.6. The molecule has 4 N–H and O–H groups in total. The molecule has 5 atom stereocenters. The van der Waals surface area contributed by atoms with Crippen LogP contribution in [0.4, 0.5) is 0 Å². The topological polar surface area (TPSA) is 63.7 Å². The zero-order chi connectivity index (χ0) is 18.0. The lowest BCUT2D eigenvalue weighted by Gasteiger charge is -2.46. The summed E-state index contributed by atoms with van der Waals surface area (Å²) in [5.74, 6) is 2.53. The van der Waals surface area contributed by atoms with Crippen molar-refractivity contribution in [3.05, 3.63) is 11.1 Å². The summed E-state index contributed by atoms with van der Waals surface area (Å²) in [6, 6.07) is 0.298. The second-order valence-corrected chi connectivity index (χ2v) is 9.39. The summed E-state index contributed by atoms with van der Waals surface area (Å²) in [4.78, 5) is 8.92. The van der Waals surface area contributed by atoms with Crippen molar-refractivity contribution in [2.45, 2.75) is 57.4 Å². The molecule has 4 aliphatic rings. The number of hydrogen-bond donors (Lipinski definition) is 4. The normalized spacial score (nSPS) is 38.5. The molecular formula is C19H34N6S. The van der Waals surface area contributed by atoms with Gasteiger partial charge in [-0.2, -0.15) is 0 Å². The van der Waals surface area contributed by atoms with Crippen molar-refractivity contribution in [1.29, 1.82) is 0 Å². The van der Waals surface area contributed by atoms with E-state index in [4.69, 9.17) is 4.99 Å². The number of rotatable bonds is 5. The van der Waals surface area contributed by atoms with Crippen LogP contribution in [0.2, 0.25) is 0 Å². The minimum Gasteiger partial charge on any atom is -0.357 e. The van der Waals surface area contributed by atoms with Gasteiger partial charge in [0, 0.05) is 42.5 Å². The van der Waals surface area contributed by atoms with E-state index in [-0.39, 0.29) is 11.8 Å². The molecule has 6 nitrogen and oxygen atoms in total. The van der Waals surface area contributed by atoms with Gasteiger partial charge in [0.1, 0.15) is 11.8 Å². The third-order valence-corrected chi connectivity index (χ3v) is 7.58. The highest BCUT2D eigenvalue weighted by Gasteiger charge is 2.50. The van der Waals surface area contributed by atoms with Crippen LogP contribution >= 0.6 is 11.8 Å². The van der Waals surface area contributed by atoms with Gasteiger partial charge in [-0.15, -0.1) is 11.8 Å². The van der Waals surface area contributed by atoms with Crippen molar-refractivity contribution < 1.29 is 0 Å². The summed E-state index contributed by atoms with van der Waals surface area (Å²) in [5, 5.41) is 14.5. The van der Waals surface area contributed by atoms with Crippen LogP contribution in [-0.4, -0.2) is 61.2 Å². The van der Waals surface area contributed by atoms with Crippen molar-refractivity contribution in [3.8, 4) is 0 Å². The second kappa shape index (κ2) is 8.09. The van der Waals surface area contributed by atoms with Crippen LogP contribution in [0, 0.1) is 11.8 Å². The Morgan fingerprint density at radius 1 is 1.46 bits per heavy atom. The van der Waals surface area contributed by atoms with Gasteiger partial charge in [-0.3, -0.25) is 10.6 Å². The molecule has 0 aromatic heterocycles. The van der Waals surface area contributed by atoms with Gasteiger partial charge in [-0.25, -0.2) is 4.99 Å². The van der Waals surface area contributed by atoms with Crippen LogP contribution in [0.1, 0.15) is 39.5 Å². The van der Waals surface area contributed by atoms with Gasteiger partial charge in [-0.1, -0.05) is 20.3 Å². The molecule has 7 heteroatoms. The number of hydrogen-bond acceptors (Lipinski definition) is 7. The Kier molecular flexibility index (Phi) is 5.78. The smallest absolute Gasteiger partial charge is 0.141 e. The van der Waals surface area contributed by atoms with E-state index in [1.54, 1.807) is 4.91 Å². The fourth-order valence-corrected chi connectivity index (χ4v) is 5.89. The van der Waals surface area contributed by atoms with Gasteiger partial charge in [0.25, 0.3) is 0 Å². The van der Waals surface area contributed by atoms with Crippen LogP contribution in [0.15, 0.2) is 16.1 Å². The van der Waals surface area contributed by atoms with E-state index in [1.165, 1.54) is 31.6 Å². The summed E-state index contributed by atoms with van der Waals surface area (Å²) in [5.41, 5.74) is -0.0766. The van der Waals surface area contributed by atoms with Crippen LogP contribution in [0.25, 0.3) is 0 Å². The van der Waals surface area contributed by atoms with Gasteiger partial charge >= 0.3 is 0 Å². The molecule has 4 rings (SSSR count). The summed E-state index contributed by atoms with van der Waals surface area (Å²) in [6.45, 7) is 8.85. The molecule has 0 saturated carbocycles. The first-order valence-corrected chi connectivity index (χ1v) is 11.3. The monoisotopic (exact) mass is 378 g/mol. The predicted octanol–water partition coefficient (Wildman–Crippen LogP) is 1.49. The lowest BCUT2D eigenvalue weighted by atomic mass is 9.86. The molecule has 26 heavy (non-hydrogen) atoms. The number of nitrogens with zero attached hydrogens (tertiary/aromatic N) is 2. The van der Waals surface area contributed by atoms with Crippen molar-refractivity contribution in [2.75, 3.05) is 32.1 Å². The number of thioether (sulfide) groups is 1. The molecule has 4 heterocycles. The molecule has 146 valence electrons. The highest BCUT2D eigenvalue weighted by Crippen LogP contribution is 2.35. The third-order valence-electron chi connectivity index (χ3n) is 6.42. The Hall–Kier alpha value is -0.760. The summed E-state index contributed by atoms with van der Waals surface area (Å²) >= 11 is 2.05. The van der Waals surface area contributed by atoms with Gasteiger partial charge in [0.2, 0.25) is 0 Å². The molecule has 0 aromatic rings. The van der Waals surface area contributed by atoms with Gasteiger partial charge in [-0.05, 0) is 31.7 Å². The average molecular weight is 379 g/mol. The fraction of sp³-hybridized carbons (Fsp3) is 0.842. The Labute approximate surface area is 162 Å². The van der Waals surface area contributed by atoms with Crippen molar-refractivity contribution in [2.24, 2.45) is 16.8 Å². The van der Waals surface area contributed by atoms with Crippen LogP contribution in [0.3, 0.4) is 0 Å². The van der Waals surface area contributed by atoms with Gasteiger partial charge in [0.15, 0.2) is 0 Å². The average Bonchev–Trinajstić information content (AvgIpc) is 3.12. The molecular weight excluding hydrogens is 344 g/mol. The molecule has 0 aliphatic carbocycles. The maximum Gasteiger partial charge on any atom is 0.141 e. The molecule has 2 saturated heterocycles. The summed E-state index contributed by atoms with van der Waals surface area (Å²) < 4.78 is 0. The second-order valence-electron chi connectivity index (χ2n) is 8.22. The zero-order valence-corrected chi connectivity index (χ0v) is 16.9. The molecule has 2 fully saturated rings. The first-order chi connectivity index (χ1) is 12.7. The minimum absolute atomic E-state index is 0.0766.